The first kappa shape index (κ1) is 11.3. The SMILES string of the molecule is COc1ccccc1-n1ccc(C2OCCO2)c1. The largest absolute Gasteiger partial charge is 0.495 e. The number of para-hydroxylation sites is 2. The molecule has 1 aliphatic rings. The monoisotopic (exact) mass is 245 g/mol. The van der Waals surface area contributed by atoms with Gasteiger partial charge in [0.25, 0.3) is 0 Å². The van der Waals surface area contributed by atoms with Crippen molar-refractivity contribution in [3.8, 4) is 11.4 Å². The fraction of sp³-hybridized carbons (Fsp3) is 0.286. The van der Waals surface area contributed by atoms with E-state index in [-0.39, 0.29) is 6.29 Å². The number of aromatic nitrogens is 1. The van der Waals surface area contributed by atoms with E-state index in [0.29, 0.717) is 13.2 Å². The summed E-state index contributed by atoms with van der Waals surface area (Å²) in [5.74, 6) is 0.841. The summed E-state index contributed by atoms with van der Waals surface area (Å²) >= 11 is 0. The molecule has 2 aromatic rings. The summed E-state index contributed by atoms with van der Waals surface area (Å²) < 4.78 is 18.3. The molecule has 1 aromatic carbocycles. The lowest BCUT2D eigenvalue weighted by Crippen LogP contribution is -1.97. The highest BCUT2D eigenvalue weighted by Gasteiger charge is 2.19. The highest BCUT2D eigenvalue weighted by molar-refractivity contribution is 5.47. The van der Waals surface area contributed by atoms with Crippen LogP contribution in [-0.2, 0) is 9.47 Å². The Morgan fingerprint density at radius 1 is 1.17 bits per heavy atom. The van der Waals surface area contributed by atoms with Crippen LogP contribution in [0.25, 0.3) is 5.69 Å². The highest BCUT2D eigenvalue weighted by Crippen LogP contribution is 2.27. The quantitative estimate of drug-likeness (QED) is 0.833. The van der Waals surface area contributed by atoms with Crippen LogP contribution in [-0.4, -0.2) is 24.9 Å². The average molecular weight is 245 g/mol. The first-order valence-electron chi connectivity index (χ1n) is 5.93. The zero-order chi connectivity index (χ0) is 12.4. The van der Waals surface area contributed by atoms with Gasteiger partial charge in [-0.05, 0) is 18.2 Å². The van der Waals surface area contributed by atoms with E-state index in [1.165, 1.54) is 0 Å². The number of hydrogen-bond donors (Lipinski definition) is 0. The van der Waals surface area contributed by atoms with Crippen molar-refractivity contribution in [2.24, 2.45) is 0 Å². The molecule has 1 saturated heterocycles. The maximum atomic E-state index is 5.48. The molecule has 94 valence electrons. The third kappa shape index (κ3) is 2.00. The molecule has 0 unspecified atom stereocenters. The fourth-order valence-corrected chi connectivity index (χ4v) is 2.10. The van der Waals surface area contributed by atoms with Gasteiger partial charge in [-0.25, -0.2) is 0 Å². The summed E-state index contributed by atoms with van der Waals surface area (Å²) in [7, 11) is 1.67. The van der Waals surface area contributed by atoms with Crippen LogP contribution in [0, 0.1) is 0 Å². The summed E-state index contributed by atoms with van der Waals surface area (Å²) in [5.41, 5.74) is 2.03. The maximum absolute atomic E-state index is 5.48. The lowest BCUT2D eigenvalue weighted by atomic mass is 10.3. The molecule has 0 N–H and O–H groups in total. The number of ether oxygens (including phenoxy) is 3. The second-order valence-electron chi connectivity index (χ2n) is 4.10. The predicted octanol–water partition coefficient (Wildman–Crippen LogP) is 2.53. The van der Waals surface area contributed by atoms with E-state index in [1.54, 1.807) is 7.11 Å². The Kier molecular flexibility index (Phi) is 3.04. The molecule has 0 bridgehead atoms. The van der Waals surface area contributed by atoms with E-state index >= 15 is 0 Å². The van der Waals surface area contributed by atoms with Crippen LogP contribution < -0.4 is 4.74 Å². The second-order valence-corrected chi connectivity index (χ2v) is 4.10. The van der Waals surface area contributed by atoms with Crippen molar-refractivity contribution in [3.63, 3.8) is 0 Å². The molecule has 4 nitrogen and oxygen atoms in total. The normalized spacial score (nSPS) is 16.1. The van der Waals surface area contributed by atoms with Gasteiger partial charge in [-0.3, -0.25) is 0 Å². The predicted molar refractivity (Wildman–Crippen MR) is 67.0 cm³/mol. The van der Waals surface area contributed by atoms with Gasteiger partial charge in [-0.15, -0.1) is 0 Å². The maximum Gasteiger partial charge on any atom is 0.185 e. The fourth-order valence-electron chi connectivity index (χ4n) is 2.10. The Balaban J connectivity index is 1.92. The number of benzene rings is 1. The van der Waals surface area contributed by atoms with Crippen molar-refractivity contribution in [2.75, 3.05) is 20.3 Å². The van der Waals surface area contributed by atoms with Gasteiger partial charge >= 0.3 is 0 Å². The van der Waals surface area contributed by atoms with Crippen molar-refractivity contribution < 1.29 is 14.2 Å². The van der Waals surface area contributed by atoms with Gasteiger partial charge in [-0.2, -0.15) is 0 Å². The highest BCUT2D eigenvalue weighted by atomic mass is 16.7. The molecule has 0 atom stereocenters. The topological polar surface area (TPSA) is 32.6 Å². The molecule has 0 radical (unpaired) electrons. The lowest BCUT2D eigenvalue weighted by Gasteiger charge is -2.09. The molecule has 4 heteroatoms. The third-order valence-electron chi connectivity index (χ3n) is 2.97. The molecule has 1 fully saturated rings. The second kappa shape index (κ2) is 4.84. The summed E-state index contributed by atoms with van der Waals surface area (Å²) in [5, 5.41) is 0. The van der Waals surface area contributed by atoms with E-state index in [0.717, 1.165) is 17.0 Å². The Bertz CT molecular complexity index is 529. The molecule has 2 heterocycles. The molecule has 0 aliphatic carbocycles. The Morgan fingerprint density at radius 2 is 1.94 bits per heavy atom. The van der Waals surface area contributed by atoms with Crippen LogP contribution in [0.4, 0.5) is 0 Å². The molecular formula is C14H15NO3. The molecule has 0 spiro atoms. The Morgan fingerprint density at radius 3 is 2.72 bits per heavy atom. The zero-order valence-electron chi connectivity index (χ0n) is 10.2. The summed E-state index contributed by atoms with van der Waals surface area (Å²) in [6, 6.07) is 9.90. The number of nitrogens with zero attached hydrogens (tertiary/aromatic N) is 1. The number of hydrogen-bond acceptors (Lipinski definition) is 3. The van der Waals surface area contributed by atoms with Crippen molar-refractivity contribution in [2.45, 2.75) is 6.29 Å². The molecular weight excluding hydrogens is 230 g/mol. The van der Waals surface area contributed by atoms with Gasteiger partial charge in [0.1, 0.15) is 5.75 Å². The number of rotatable bonds is 3. The third-order valence-corrected chi connectivity index (χ3v) is 2.97. The lowest BCUT2D eigenvalue weighted by molar-refractivity contribution is -0.0440. The molecule has 0 amide bonds. The van der Waals surface area contributed by atoms with Crippen LogP contribution in [0.2, 0.25) is 0 Å². The average Bonchev–Trinajstić information content (AvgIpc) is 3.09. The minimum Gasteiger partial charge on any atom is -0.495 e. The molecule has 18 heavy (non-hydrogen) atoms. The van der Waals surface area contributed by atoms with Crippen LogP contribution >= 0.6 is 0 Å². The first-order valence-corrected chi connectivity index (χ1v) is 5.93. The van der Waals surface area contributed by atoms with Gasteiger partial charge in [-0.1, -0.05) is 12.1 Å². The van der Waals surface area contributed by atoms with Gasteiger partial charge in [0.05, 0.1) is 26.0 Å². The van der Waals surface area contributed by atoms with Crippen LogP contribution in [0.1, 0.15) is 11.9 Å². The van der Waals surface area contributed by atoms with E-state index in [9.17, 15) is 0 Å². The van der Waals surface area contributed by atoms with E-state index < -0.39 is 0 Å². The van der Waals surface area contributed by atoms with Crippen molar-refractivity contribution in [3.05, 3.63) is 48.3 Å². The molecule has 1 aliphatic heterocycles. The van der Waals surface area contributed by atoms with Gasteiger partial charge in [0.2, 0.25) is 0 Å². The molecule has 0 saturated carbocycles. The Labute approximate surface area is 106 Å². The number of methoxy groups -OCH3 is 1. The smallest absolute Gasteiger partial charge is 0.185 e. The summed E-state index contributed by atoms with van der Waals surface area (Å²) in [4.78, 5) is 0. The van der Waals surface area contributed by atoms with Crippen molar-refractivity contribution >= 4 is 0 Å². The van der Waals surface area contributed by atoms with Gasteiger partial charge in [0, 0.05) is 18.0 Å². The van der Waals surface area contributed by atoms with Gasteiger partial charge < -0.3 is 18.8 Å². The van der Waals surface area contributed by atoms with Crippen LogP contribution in [0.5, 0.6) is 5.75 Å². The van der Waals surface area contributed by atoms with E-state index in [2.05, 4.69) is 0 Å². The van der Waals surface area contributed by atoms with Gasteiger partial charge in [0.15, 0.2) is 6.29 Å². The molecule has 1 aromatic heterocycles. The standard InChI is InChI=1S/C14H15NO3/c1-16-13-5-3-2-4-12(13)15-7-6-11(10-15)14-17-8-9-18-14/h2-7,10,14H,8-9H2,1H3. The Hall–Kier alpha value is -1.78. The molecule has 3 rings (SSSR count). The van der Waals surface area contributed by atoms with Crippen molar-refractivity contribution in [1.82, 2.24) is 4.57 Å². The van der Waals surface area contributed by atoms with E-state index in [4.69, 9.17) is 14.2 Å². The summed E-state index contributed by atoms with van der Waals surface area (Å²) in [6.45, 7) is 1.31. The zero-order valence-corrected chi connectivity index (χ0v) is 10.2. The first-order chi connectivity index (χ1) is 8.88. The minimum atomic E-state index is -0.235. The van der Waals surface area contributed by atoms with E-state index in [1.807, 2.05) is 47.3 Å². The van der Waals surface area contributed by atoms with Crippen molar-refractivity contribution in [1.29, 1.82) is 0 Å². The minimum absolute atomic E-state index is 0.235. The van der Waals surface area contributed by atoms with Crippen LogP contribution in [0.3, 0.4) is 0 Å². The van der Waals surface area contributed by atoms with Crippen LogP contribution in [0.15, 0.2) is 42.7 Å². The summed E-state index contributed by atoms with van der Waals surface area (Å²) in [6.07, 6.45) is 3.76.